The third-order valence-electron chi connectivity index (χ3n) is 5.25. The van der Waals surface area contributed by atoms with E-state index < -0.39 is 0 Å². The van der Waals surface area contributed by atoms with Crippen molar-refractivity contribution < 1.29 is 9.13 Å². The molecule has 19 heavy (non-hydrogen) atoms. The van der Waals surface area contributed by atoms with Gasteiger partial charge in [-0.1, -0.05) is 33.8 Å². The molecule has 1 aliphatic rings. The summed E-state index contributed by atoms with van der Waals surface area (Å²) in [7, 11) is 1.47. The van der Waals surface area contributed by atoms with Crippen molar-refractivity contribution in [3.8, 4) is 5.75 Å². The minimum absolute atomic E-state index is 0.0674. The second kappa shape index (κ2) is 4.48. The van der Waals surface area contributed by atoms with E-state index in [0.717, 1.165) is 5.56 Å². The zero-order chi connectivity index (χ0) is 14.4. The van der Waals surface area contributed by atoms with Gasteiger partial charge in [0.1, 0.15) is 0 Å². The average Bonchev–Trinajstić information content (AvgIpc) is 2.69. The van der Waals surface area contributed by atoms with Gasteiger partial charge in [-0.15, -0.1) is 0 Å². The molecule has 1 unspecified atom stereocenters. The van der Waals surface area contributed by atoms with Crippen LogP contribution in [-0.2, 0) is 6.42 Å². The fourth-order valence-corrected chi connectivity index (χ4v) is 3.54. The molecule has 2 N–H and O–H groups in total. The number of nitrogens with two attached hydrogens (primary N) is 1. The van der Waals surface area contributed by atoms with Gasteiger partial charge in [0.05, 0.1) is 7.11 Å². The smallest absolute Gasteiger partial charge is 0.165 e. The molecule has 0 spiro atoms. The molecule has 3 heteroatoms. The summed E-state index contributed by atoms with van der Waals surface area (Å²) in [6.45, 7) is 9.02. The SMILES string of the molecule is COc1ccc(CC(N)C2C(C)(C)C2(C)C)cc1F. The molecule has 0 aromatic heterocycles. The third kappa shape index (κ3) is 2.25. The number of hydrogen-bond acceptors (Lipinski definition) is 2. The Balaban J connectivity index is 2.09. The molecule has 0 heterocycles. The molecule has 2 rings (SSSR count). The predicted octanol–water partition coefficient (Wildman–Crippen LogP) is 3.39. The first-order chi connectivity index (χ1) is 8.71. The third-order valence-corrected chi connectivity index (χ3v) is 5.25. The monoisotopic (exact) mass is 265 g/mol. The van der Waals surface area contributed by atoms with Crippen LogP contribution in [0.3, 0.4) is 0 Å². The Kier molecular flexibility index (Phi) is 3.38. The molecule has 0 radical (unpaired) electrons. The number of benzene rings is 1. The molecule has 0 saturated heterocycles. The van der Waals surface area contributed by atoms with Crippen LogP contribution in [0.5, 0.6) is 5.75 Å². The lowest BCUT2D eigenvalue weighted by Gasteiger charge is -2.14. The van der Waals surface area contributed by atoms with Gasteiger partial charge >= 0.3 is 0 Å². The lowest BCUT2D eigenvalue weighted by atomic mass is 9.97. The predicted molar refractivity (Wildman–Crippen MR) is 75.7 cm³/mol. The molecule has 0 bridgehead atoms. The molecule has 1 atom stereocenters. The molecular weight excluding hydrogens is 241 g/mol. The minimum atomic E-state index is -0.318. The Morgan fingerprint density at radius 3 is 2.26 bits per heavy atom. The summed E-state index contributed by atoms with van der Waals surface area (Å²) in [5, 5.41) is 0. The fourth-order valence-electron chi connectivity index (χ4n) is 3.54. The molecule has 1 saturated carbocycles. The summed E-state index contributed by atoms with van der Waals surface area (Å²) in [6.07, 6.45) is 0.707. The maximum Gasteiger partial charge on any atom is 0.165 e. The Morgan fingerprint density at radius 1 is 1.26 bits per heavy atom. The number of rotatable bonds is 4. The van der Waals surface area contributed by atoms with Crippen LogP contribution in [0.15, 0.2) is 18.2 Å². The van der Waals surface area contributed by atoms with Gasteiger partial charge in [0.2, 0.25) is 0 Å². The van der Waals surface area contributed by atoms with Gasteiger partial charge in [-0.05, 0) is 40.9 Å². The number of hydrogen-bond donors (Lipinski definition) is 1. The van der Waals surface area contributed by atoms with Crippen LogP contribution in [0.1, 0.15) is 33.3 Å². The fraction of sp³-hybridized carbons (Fsp3) is 0.625. The molecule has 1 aliphatic carbocycles. The normalized spacial score (nSPS) is 22.1. The van der Waals surface area contributed by atoms with E-state index in [0.29, 0.717) is 12.3 Å². The Hall–Kier alpha value is -1.09. The van der Waals surface area contributed by atoms with Crippen LogP contribution < -0.4 is 10.5 Å². The largest absolute Gasteiger partial charge is 0.494 e. The second-order valence-electron chi connectivity index (χ2n) is 6.76. The van der Waals surface area contributed by atoms with Gasteiger partial charge in [0.15, 0.2) is 11.6 Å². The van der Waals surface area contributed by atoms with Crippen molar-refractivity contribution in [3.05, 3.63) is 29.6 Å². The molecule has 1 aromatic rings. The van der Waals surface area contributed by atoms with E-state index in [1.165, 1.54) is 13.2 Å². The molecule has 1 fully saturated rings. The first kappa shape index (κ1) is 14.3. The highest BCUT2D eigenvalue weighted by Gasteiger charge is 2.66. The highest BCUT2D eigenvalue weighted by Crippen LogP contribution is 2.69. The van der Waals surface area contributed by atoms with Gasteiger partial charge in [0.25, 0.3) is 0 Å². The van der Waals surface area contributed by atoms with Gasteiger partial charge < -0.3 is 10.5 Å². The summed E-state index contributed by atoms with van der Waals surface area (Å²) in [6, 6.07) is 5.16. The van der Waals surface area contributed by atoms with E-state index in [9.17, 15) is 4.39 Å². The van der Waals surface area contributed by atoms with Crippen LogP contribution in [0.2, 0.25) is 0 Å². The van der Waals surface area contributed by atoms with Crippen molar-refractivity contribution in [2.45, 2.75) is 40.2 Å². The van der Waals surface area contributed by atoms with Crippen LogP contribution in [0, 0.1) is 22.6 Å². The van der Waals surface area contributed by atoms with Crippen LogP contribution >= 0.6 is 0 Å². The van der Waals surface area contributed by atoms with Crippen molar-refractivity contribution >= 4 is 0 Å². The Bertz CT molecular complexity index is 468. The highest BCUT2D eigenvalue weighted by molar-refractivity contribution is 5.30. The summed E-state index contributed by atoms with van der Waals surface area (Å²) in [5.74, 6) is 0.441. The summed E-state index contributed by atoms with van der Waals surface area (Å²) >= 11 is 0. The molecule has 0 aliphatic heterocycles. The molecule has 2 nitrogen and oxygen atoms in total. The van der Waals surface area contributed by atoms with Crippen molar-refractivity contribution in [1.29, 1.82) is 0 Å². The van der Waals surface area contributed by atoms with Gasteiger partial charge in [-0.25, -0.2) is 4.39 Å². The van der Waals surface area contributed by atoms with E-state index in [1.807, 2.05) is 6.07 Å². The molecule has 0 amide bonds. The standard InChI is InChI=1S/C16H24FNO/c1-15(2)14(16(15,3)4)12(18)9-10-6-7-13(19-5)11(17)8-10/h6-8,12,14H,9,18H2,1-5H3. The molecule has 1 aromatic carbocycles. The Morgan fingerprint density at radius 2 is 1.84 bits per heavy atom. The number of ether oxygens (including phenoxy) is 1. The van der Waals surface area contributed by atoms with Crippen molar-refractivity contribution in [2.24, 2.45) is 22.5 Å². The zero-order valence-electron chi connectivity index (χ0n) is 12.5. The van der Waals surface area contributed by atoms with Gasteiger partial charge in [-0.2, -0.15) is 0 Å². The lowest BCUT2D eigenvalue weighted by Crippen LogP contribution is -2.28. The minimum Gasteiger partial charge on any atom is -0.494 e. The van der Waals surface area contributed by atoms with Crippen LogP contribution in [0.4, 0.5) is 4.39 Å². The molecular formula is C16H24FNO. The Labute approximate surface area is 115 Å². The van der Waals surface area contributed by atoms with E-state index >= 15 is 0 Å². The van der Waals surface area contributed by atoms with Gasteiger partial charge in [-0.3, -0.25) is 0 Å². The van der Waals surface area contributed by atoms with Crippen molar-refractivity contribution in [3.63, 3.8) is 0 Å². The lowest BCUT2D eigenvalue weighted by molar-refractivity contribution is 0.385. The maximum atomic E-state index is 13.7. The van der Waals surface area contributed by atoms with Crippen molar-refractivity contribution in [1.82, 2.24) is 0 Å². The molecule has 106 valence electrons. The maximum absolute atomic E-state index is 13.7. The topological polar surface area (TPSA) is 35.2 Å². The first-order valence-corrected chi connectivity index (χ1v) is 6.80. The van der Waals surface area contributed by atoms with Crippen LogP contribution in [-0.4, -0.2) is 13.2 Å². The van der Waals surface area contributed by atoms with Crippen molar-refractivity contribution in [2.75, 3.05) is 7.11 Å². The summed E-state index contributed by atoms with van der Waals surface area (Å²) in [5.41, 5.74) is 7.79. The zero-order valence-corrected chi connectivity index (χ0v) is 12.5. The van der Waals surface area contributed by atoms with Gasteiger partial charge in [0, 0.05) is 6.04 Å². The van der Waals surface area contributed by atoms with E-state index in [4.69, 9.17) is 10.5 Å². The number of halogens is 1. The number of methoxy groups -OCH3 is 1. The quantitative estimate of drug-likeness (QED) is 0.905. The van der Waals surface area contributed by atoms with E-state index in [-0.39, 0.29) is 28.4 Å². The summed E-state index contributed by atoms with van der Waals surface area (Å²) < 4.78 is 18.6. The second-order valence-corrected chi connectivity index (χ2v) is 6.76. The summed E-state index contributed by atoms with van der Waals surface area (Å²) in [4.78, 5) is 0. The average molecular weight is 265 g/mol. The van der Waals surface area contributed by atoms with Crippen LogP contribution in [0.25, 0.3) is 0 Å². The first-order valence-electron chi connectivity index (χ1n) is 6.80. The van der Waals surface area contributed by atoms with E-state index in [1.54, 1.807) is 6.07 Å². The highest BCUT2D eigenvalue weighted by atomic mass is 19.1. The van der Waals surface area contributed by atoms with E-state index in [2.05, 4.69) is 27.7 Å².